The van der Waals surface area contributed by atoms with Crippen LogP contribution in [0.1, 0.15) is 24.7 Å². The van der Waals surface area contributed by atoms with Crippen molar-refractivity contribution >= 4 is 16.8 Å². The van der Waals surface area contributed by atoms with Crippen LogP contribution in [0, 0.1) is 0 Å². The molecule has 0 radical (unpaired) electrons. The number of nitrogens with one attached hydrogen (secondary N) is 1. The topological polar surface area (TPSA) is 76.0 Å². The van der Waals surface area contributed by atoms with Crippen molar-refractivity contribution in [2.45, 2.75) is 31.5 Å². The fraction of sp³-hybridized carbons (Fsp3) is 0.389. The summed E-state index contributed by atoms with van der Waals surface area (Å²) in [5.41, 5.74) is 1.15. The van der Waals surface area contributed by atoms with Crippen LogP contribution in [-0.2, 0) is 16.1 Å². The molecule has 7 heteroatoms. The van der Waals surface area contributed by atoms with Crippen molar-refractivity contribution in [1.82, 2.24) is 24.6 Å². The second kappa shape index (κ2) is 6.68. The summed E-state index contributed by atoms with van der Waals surface area (Å²) in [5, 5.41) is 7.99. The number of rotatable bonds is 5. The highest BCUT2D eigenvalue weighted by Crippen LogP contribution is 2.31. The van der Waals surface area contributed by atoms with Crippen LogP contribution in [0.4, 0.5) is 0 Å². The number of fused-ring (bicyclic) bond motifs is 1. The summed E-state index contributed by atoms with van der Waals surface area (Å²) in [6.45, 7) is 1.25. The van der Waals surface area contributed by atoms with Crippen LogP contribution < -0.4 is 0 Å². The SMILES string of the molecule is CO[C@@H]1C[C@@H](c2ncn[nH]2)N(C(=O)CCn2ccc3ccccc32)C1. The Bertz CT molecular complexity index is 857. The van der Waals surface area contributed by atoms with Crippen LogP contribution in [0.2, 0.25) is 0 Å². The molecule has 1 aliphatic heterocycles. The van der Waals surface area contributed by atoms with Gasteiger partial charge < -0.3 is 14.2 Å². The van der Waals surface area contributed by atoms with Crippen LogP contribution in [0.3, 0.4) is 0 Å². The number of likely N-dealkylation sites (tertiary alicyclic amines) is 1. The fourth-order valence-corrected chi connectivity index (χ4v) is 3.57. The molecule has 25 heavy (non-hydrogen) atoms. The lowest BCUT2D eigenvalue weighted by Crippen LogP contribution is -2.33. The second-order valence-electron chi connectivity index (χ2n) is 6.34. The molecule has 1 saturated heterocycles. The zero-order valence-electron chi connectivity index (χ0n) is 14.1. The predicted molar refractivity (Wildman–Crippen MR) is 92.8 cm³/mol. The molecule has 3 aromatic rings. The van der Waals surface area contributed by atoms with Gasteiger partial charge in [-0.15, -0.1) is 0 Å². The monoisotopic (exact) mass is 339 g/mol. The second-order valence-corrected chi connectivity index (χ2v) is 6.34. The summed E-state index contributed by atoms with van der Waals surface area (Å²) < 4.78 is 7.59. The number of para-hydroxylation sites is 1. The van der Waals surface area contributed by atoms with Crippen molar-refractivity contribution in [2.75, 3.05) is 13.7 Å². The molecule has 1 aliphatic rings. The number of carbonyl (C=O) groups excluding carboxylic acids is 1. The maximum absolute atomic E-state index is 12.8. The zero-order valence-corrected chi connectivity index (χ0v) is 14.1. The van der Waals surface area contributed by atoms with E-state index in [1.54, 1.807) is 7.11 Å². The smallest absolute Gasteiger partial charge is 0.225 e. The number of ether oxygens (including phenoxy) is 1. The number of hydrogen-bond donors (Lipinski definition) is 1. The summed E-state index contributed by atoms with van der Waals surface area (Å²) in [6, 6.07) is 10.2. The van der Waals surface area contributed by atoms with E-state index in [-0.39, 0.29) is 18.1 Å². The normalized spacial score (nSPS) is 20.4. The van der Waals surface area contributed by atoms with Crippen molar-refractivity contribution in [2.24, 2.45) is 0 Å². The van der Waals surface area contributed by atoms with Crippen LogP contribution in [0.25, 0.3) is 10.9 Å². The molecule has 0 spiro atoms. The fourth-order valence-electron chi connectivity index (χ4n) is 3.57. The third kappa shape index (κ3) is 3.02. The van der Waals surface area contributed by atoms with Gasteiger partial charge in [-0.1, -0.05) is 18.2 Å². The van der Waals surface area contributed by atoms with Crippen LogP contribution in [0.5, 0.6) is 0 Å². The molecule has 3 heterocycles. The highest BCUT2D eigenvalue weighted by Gasteiger charge is 2.37. The maximum Gasteiger partial charge on any atom is 0.225 e. The van der Waals surface area contributed by atoms with Crippen molar-refractivity contribution in [3.05, 3.63) is 48.7 Å². The van der Waals surface area contributed by atoms with Crippen molar-refractivity contribution in [3.63, 3.8) is 0 Å². The number of hydrogen-bond acceptors (Lipinski definition) is 4. The summed E-state index contributed by atoms with van der Waals surface area (Å²) in [5.74, 6) is 0.832. The number of nitrogens with zero attached hydrogens (tertiary/aromatic N) is 4. The average Bonchev–Trinajstić information content (AvgIpc) is 3.38. The van der Waals surface area contributed by atoms with E-state index in [1.807, 2.05) is 23.2 Å². The zero-order chi connectivity index (χ0) is 17.2. The van der Waals surface area contributed by atoms with E-state index in [0.717, 1.165) is 17.8 Å². The lowest BCUT2D eigenvalue weighted by Gasteiger charge is -2.22. The number of carbonyl (C=O) groups is 1. The van der Waals surface area contributed by atoms with Gasteiger partial charge in [-0.25, -0.2) is 4.98 Å². The summed E-state index contributed by atoms with van der Waals surface area (Å²) in [7, 11) is 1.68. The first-order valence-electron chi connectivity index (χ1n) is 8.47. The van der Waals surface area contributed by atoms with Crippen LogP contribution in [0.15, 0.2) is 42.9 Å². The summed E-state index contributed by atoms with van der Waals surface area (Å²) >= 11 is 0. The number of benzene rings is 1. The van der Waals surface area contributed by atoms with Crippen molar-refractivity contribution in [3.8, 4) is 0 Å². The molecule has 0 unspecified atom stereocenters. The van der Waals surface area contributed by atoms with Gasteiger partial charge in [0.1, 0.15) is 12.2 Å². The largest absolute Gasteiger partial charge is 0.380 e. The van der Waals surface area contributed by atoms with E-state index in [9.17, 15) is 4.79 Å². The number of methoxy groups -OCH3 is 1. The number of aryl methyl sites for hydroxylation is 1. The molecule has 7 nitrogen and oxygen atoms in total. The minimum atomic E-state index is -0.0960. The lowest BCUT2D eigenvalue weighted by molar-refractivity contribution is -0.132. The molecular formula is C18H21N5O2. The number of amides is 1. The average molecular weight is 339 g/mol. The molecule has 0 aliphatic carbocycles. The van der Waals surface area contributed by atoms with E-state index < -0.39 is 0 Å². The predicted octanol–water partition coefficient (Wildman–Crippen LogP) is 2.14. The lowest BCUT2D eigenvalue weighted by atomic mass is 10.2. The van der Waals surface area contributed by atoms with Gasteiger partial charge in [0.15, 0.2) is 0 Å². The third-order valence-corrected chi connectivity index (χ3v) is 4.91. The highest BCUT2D eigenvalue weighted by molar-refractivity contribution is 5.81. The van der Waals surface area contributed by atoms with Crippen LogP contribution >= 0.6 is 0 Å². The molecule has 2 atom stereocenters. The van der Waals surface area contributed by atoms with Gasteiger partial charge >= 0.3 is 0 Å². The molecule has 130 valence electrons. The quantitative estimate of drug-likeness (QED) is 0.773. The Hall–Kier alpha value is -2.67. The van der Waals surface area contributed by atoms with Crippen molar-refractivity contribution < 1.29 is 9.53 Å². The number of aromatic nitrogens is 4. The first kappa shape index (κ1) is 15.8. The standard InChI is InChI=1S/C18H21N5O2/c1-25-14-10-16(18-19-12-20-21-18)23(11-14)17(24)7-9-22-8-6-13-4-2-3-5-15(13)22/h2-6,8,12,14,16H,7,9-11H2,1H3,(H,19,20,21)/t14-,16+/m1/s1. The van der Waals surface area contributed by atoms with E-state index in [4.69, 9.17) is 4.74 Å². The summed E-state index contributed by atoms with van der Waals surface area (Å²) in [6.07, 6.45) is 4.73. The first-order valence-corrected chi connectivity index (χ1v) is 8.47. The maximum atomic E-state index is 12.8. The van der Waals surface area contributed by atoms with Gasteiger partial charge in [0.2, 0.25) is 5.91 Å². The van der Waals surface area contributed by atoms with E-state index >= 15 is 0 Å². The van der Waals surface area contributed by atoms with E-state index in [2.05, 4.69) is 37.9 Å². The number of H-pyrrole nitrogens is 1. The Balaban J connectivity index is 1.47. The molecule has 1 amide bonds. The Labute approximate surface area is 145 Å². The number of aromatic amines is 1. The molecule has 0 bridgehead atoms. The van der Waals surface area contributed by atoms with Gasteiger partial charge in [-0.2, -0.15) is 5.10 Å². The molecule has 4 rings (SSSR count). The first-order chi connectivity index (χ1) is 12.3. The molecule has 0 saturated carbocycles. The molecule has 1 fully saturated rings. The highest BCUT2D eigenvalue weighted by atomic mass is 16.5. The summed E-state index contributed by atoms with van der Waals surface area (Å²) in [4.78, 5) is 18.9. The Morgan fingerprint density at radius 3 is 3.04 bits per heavy atom. The Morgan fingerprint density at radius 2 is 2.24 bits per heavy atom. The van der Waals surface area contributed by atoms with Gasteiger partial charge in [-0.05, 0) is 17.5 Å². The third-order valence-electron chi connectivity index (χ3n) is 4.91. The Kier molecular flexibility index (Phi) is 4.23. The van der Waals surface area contributed by atoms with E-state index in [1.165, 1.54) is 11.7 Å². The van der Waals surface area contributed by atoms with E-state index in [0.29, 0.717) is 19.5 Å². The minimum absolute atomic E-state index is 0.0338. The minimum Gasteiger partial charge on any atom is -0.380 e. The van der Waals surface area contributed by atoms with Gasteiger partial charge in [0.25, 0.3) is 0 Å². The van der Waals surface area contributed by atoms with Crippen molar-refractivity contribution in [1.29, 1.82) is 0 Å². The Morgan fingerprint density at radius 1 is 1.36 bits per heavy atom. The van der Waals surface area contributed by atoms with Gasteiger partial charge in [-0.3, -0.25) is 9.89 Å². The molecule has 1 N–H and O–H groups in total. The van der Waals surface area contributed by atoms with Gasteiger partial charge in [0.05, 0.1) is 12.1 Å². The molecular weight excluding hydrogens is 318 g/mol. The molecule has 2 aromatic heterocycles. The molecule has 1 aromatic carbocycles. The van der Waals surface area contributed by atoms with Gasteiger partial charge in [0, 0.05) is 44.8 Å². The van der Waals surface area contributed by atoms with Crippen LogP contribution in [-0.4, -0.2) is 50.3 Å².